The molecule has 3 aromatic carbocycles. The number of carbonyl (C=O) groups excluding carboxylic acids is 3. The summed E-state index contributed by atoms with van der Waals surface area (Å²) in [5.41, 5.74) is 2.95. The standard InChI is InChI=1S/C37H46N6O3S/c1-3-39-37(47)40-24-28-19-20-29-21-22-31(35(45)41-32(26-15-9-5-10-16-26)27-17-11-6-12-18-27)43(29)36(46)33(28)42-34(44)30(38-2)23-25-13-7-4-8-14-25/h4-18,28-33,38H,3,19-24H2,1-2H3,(H,41,45)(H,42,44)(H2,39,40,47)/t28-,29+,30-,31+,33+/m1/s1. The van der Waals surface area contributed by atoms with Crippen LogP contribution in [0, 0.1) is 5.92 Å². The second-order valence-electron chi connectivity index (χ2n) is 12.4. The quantitative estimate of drug-likeness (QED) is 0.190. The monoisotopic (exact) mass is 654 g/mol. The molecule has 0 bridgehead atoms. The van der Waals surface area contributed by atoms with Crippen LogP contribution in [0.4, 0.5) is 0 Å². The Morgan fingerprint density at radius 1 is 0.851 bits per heavy atom. The zero-order valence-electron chi connectivity index (χ0n) is 27.2. The molecule has 0 spiro atoms. The first kappa shape index (κ1) is 34.1. The highest BCUT2D eigenvalue weighted by atomic mass is 32.1. The first-order chi connectivity index (χ1) is 22.9. The molecule has 3 amide bonds. The third-order valence-corrected chi connectivity index (χ3v) is 9.62. The molecule has 0 aliphatic carbocycles. The zero-order chi connectivity index (χ0) is 33.2. The maximum atomic E-state index is 14.6. The van der Waals surface area contributed by atoms with Gasteiger partial charge in [0.25, 0.3) is 0 Å². The van der Waals surface area contributed by atoms with Crippen molar-refractivity contribution in [3.63, 3.8) is 0 Å². The van der Waals surface area contributed by atoms with Crippen LogP contribution < -0.4 is 26.6 Å². The van der Waals surface area contributed by atoms with Crippen LogP contribution in [-0.2, 0) is 20.8 Å². The van der Waals surface area contributed by atoms with Crippen LogP contribution in [0.3, 0.4) is 0 Å². The number of nitrogens with one attached hydrogen (secondary N) is 5. The lowest BCUT2D eigenvalue weighted by atomic mass is 9.92. The average Bonchev–Trinajstić information content (AvgIpc) is 3.48. The number of thiocarbonyl (C=S) groups is 1. The van der Waals surface area contributed by atoms with Crippen molar-refractivity contribution in [2.75, 3.05) is 20.1 Å². The van der Waals surface area contributed by atoms with E-state index in [1.807, 2.05) is 97.9 Å². The average molecular weight is 655 g/mol. The van der Waals surface area contributed by atoms with Gasteiger partial charge in [-0.3, -0.25) is 14.4 Å². The zero-order valence-corrected chi connectivity index (χ0v) is 28.0. The number of fused-ring (bicyclic) bond motifs is 1. The molecule has 2 fully saturated rings. The van der Waals surface area contributed by atoms with Crippen molar-refractivity contribution >= 4 is 35.1 Å². The molecule has 0 unspecified atom stereocenters. The van der Waals surface area contributed by atoms with Crippen molar-refractivity contribution in [2.45, 2.75) is 69.2 Å². The summed E-state index contributed by atoms with van der Waals surface area (Å²) in [6.45, 7) is 3.07. The minimum Gasteiger partial charge on any atom is -0.363 e. The third kappa shape index (κ3) is 8.55. The van der Waals surface area contributed by atoms with Crippen LogP contribution in [0.1, 0.15) is 55.3 Å². The molecular weight excluding hydrogens is 609 g/mol. The molecule has 2 aliphatic rings. The van der Waals surface area contributed by atoms with E-state index in [-0.39, 0.29) is 35.7 Å². The SMILES string of the molecule is CCNC(=S)NC[C@H]1CC[C@H]2CC[C@@H](C(=O)NC(c3ccccc3)c3ccccc3)N2C(=O)[C@H]1NC(=O)[C@@H](Cc1ccccc1)NC. The lowest BCUT2D eigenvalue weighted by molar-refractivity contribution is -0.143. The highest BCUT2D eigenvalue weighted by molar-refractivity contribution is 7.80. The number of benzene rings is 3. The Bertz CT molecular complexity index is 1450. The van der Waals surface area contributed by atoms with Crippen molar-refractivity contribution in [3.8, 4) is 0 Å². The van der Waals surface area contributed by atoms with E-state index in [4.69, 9.17) is 12.2 Å². The molecule has 2 aliphatic heterocycles. The van der Waals surface area contributed by atoms with Gasteiger partial charge >= 0.3 is 0 Å². The van der Waals surface area contributed by atoms with Gasteiger partial charge in [0, 0.05) is 25.0 Å². The molecule has 5 N–H and O–H groups in total. The molecule has 0 radical (unpaired) electrons. The Hall–Kier alpha value is -4.28. The Balaban J connectivity index is 1.38. The number of carbonyl (C=O) groups is 3. The third-order valence-electron chi connectivity index (χ3n) is 9.33. The number of rotatable bonds is 12. The lowest BCUT2D eigenvalue weighted by Gasteiger charge is -2.33. The molecule has 2 saturated heterocycles. The summed E-state index contributed by atoms with van der Waals surface area (Å²) in [6.07, 6.45) is 3.22. The van der Waals surface area contributed by atoms with Gasteiger partial charge in [-0.1, -0.05) is 91.0 Å². The smallest absolute Gasteiger partial charge is 0.246 e. The highest BCUT2D eigenvalue weighted by Gasteiger charge is 2.48. The van der Waals surface area contributed by atoms with Gasteiger partial charge in [0.05, 0.1) is 12.1 Å². The molecule has 0 saturated carbocycles. The predicted molar refractivity (Wildman–Crippen MR) is 188 cm³/mol. The molecule has 3 aromatic rings. The minimum absolute atomic E-state index is 0.0836. The number of hydrogen-bond acceptors (Lipinski definition) is 5. The lowest BCUT2D eigenvalue weighted by Crippen LogP contribution is -2.59. The number of likely N-dealkylation sites (N-methyl/N-ethyl adjacent to an activating group) is 1. The molecule has 5 atom stereocenters. The molecule has 9 nitrogen and oxygen atoms in total. The number of nitrogens with zero attached hydrogens (tertiary/aromatic N) is 1. The van der Waals surface area contributed by atoms with Gasteiger partial charge in [0.15, 0.2) is 5.11 Å². The topological polar surface area (TPSA) is 115 Å². The van der Waals surface area contributed by atoms with Crippen molar-refractivity contribution < 1.29 is 14.4 Å². The summed E-state index contributed by atoms with van der Waals surface area (Å²) in [5.74, 6) is -0.871. The normalized spacial score (nSPS) is 21.3. The van der Waals surface area contributed by atoms with Crippen LogP contribution in [0.2, 0.25) is 0 Å². The first-order valence-electron chi connectivity index (χ1n) is 16.6. The van der Waals surface area contributed by atoms with E-state index in [0.717, 1.165) is 29.5 Å². The molecule has 2 heterocycles. The molecule has 5 rings (SSSR count). The fourth-order valence-corrected chi connectivity index (χ4v) is 7.08. The second kappa shape index (κ2) is 16.5. The fourth-order valence-electron chi connectivity index (χ4n) is 6.86. The van der Waals surface area contributed by atoms with E-state index in [1.54, 1.807) is 11.9 Å². The van der Waals surface area contributed by atoms with E-state index < -0.39 is 18.1 Å². The van der Waals surface area contributed by atoms with Crippen molar-refractivity contribution in [1.29, 1.82) is 0 Å². The summed E-state index contributed by atoms with van der Waals surface area (Å²) >= 11 is 5.43. The van der Waals surface area contributed by atoms with E-state index >= 15 is 0 Å². The largest absolute Gasteiger partial charge is 0.363 e. The molecule has 10 heteroatoms. The summed E-state index contributed by atoms with van der Waals surface area (Å²) in [6, 6.07) is 27.1. The van der Waals surface area contributed by atoms with Gasteiger partial charge in [-0.05, 0) is 75.0 Å². The number of hydrogen-bond donors (Lipinski definition) is 5. The van der Waals surface area contributed by atoms with E-state index in [1.165, 1.54) is 0 Å². The Morgan fingerprint density at radius 3 is 2.04 bits per heavy atom. The van der Waals surface area contributed by atoms with E-state index in [0.29, 0.717) is 37.5 Å². The highest BCUT2D eigenvalue weighted by Crippen LogP contribution is 2.35. The Morgan fingerprint density at radius 2 is 1.45 bits per heavy atom. The van der Waals surface area contributed by atoms with Gasteiger partial charge in [0.1, 0.15) is 12.1 Å². The van der Waals surface area contributed by atoms with Crippen molar-refractivity contribution in [1.82, 2.24) is 31.5 Å². The van der Waals surface area contributed by atoms with Gasteiger partial charge in [-0.2, -0.15) is 0 Å². The summed E-state index contributed by atoms with van der Waals surface area (Å²) in [4.78, 5) is 44.3. The van der Waals surface area contributed by atoms with Crippen LogP contribution in [-0.4, -0.2) is 72.0 Å². The van der Waals surface area contributed by atoms with Gasteiger partial charge in [-0.25, -0.2) is 0 Å². The van der Waals surface area contributed by atoms with Crippen LogP contribution in [0.25, 0.3) is 0 Å². The molecule has 0 aromatic heterocycles. The van der Waals surface area contributed by atoms with Crippen LogP contribution >= 0.6 is 12.2 Å². The van der Waals surface area contributed by atoms with Crippen molar-refractivity contribution in [3.05, 3.63) is 108 Å². The van der Waals surface area contributed by atoms with Gasteiger partial charge in [-0.15, -0.1) is 0 Å². The number of amides is 3. The van der Waals surface area contributed by atoms with Crippen molar-refractivity contribution in [2.24, 2.45) is 5.92 Å². The Kier molecular flexibility index (Phi) is 12.0. The van der Waals surface area contributed by atoms with Gasteiger partial charge in [0.2, 0.25) is 17.7 Å². The van der Waals surface area contributed by atoms with Crippen LogP contribution in [0.15, 0.2) is 91.0 Å². The summed E-state index contributed by atoms with van der Waals surface area (Å²) in [7, 11) is 1.75. The Labute approximate surface area is 283 Å². The predicted octanol–water partition coefficient (Wildman–Crippen LogP) is 3.46. The summed E-state index contributed by atoms with van der Waals surface area (Å²) < 4.78 is 0. The molecule has 248 valence electrons. The summed E-state index contributed by atoms with van der Waals surface area (Å²) in [5, 5.41) is 16.4. The second-order valence-corrected chi connectivity index (χ2v) is 12.8. The molecule has 47 heavy (non-hydrogen) atoms. The van der Waals surface area contributed by atoms with E-state index in [9.17, 15) is 14.4 Å². The maximum Gasteiger partial charge on any atom is 0.246 e. The maximum absolute atomic E-state index is 14.6. The fraction of sp³-hybridized carbons (Fsp3) is 0.405. The minimum atomic E-state index is -0.816. The molecular formula is C37H46N6O3S. The van der Waals surface area contributed by atoms with Gasteiger partial charge < -0.3 is 31.5 Å². The van der Waals surface area contributed by atoms with E-state index in [2.05, 4.69) is 26.6 Å². The first-order valence-corrected chi connectivity index (χ1v) is 17.1. The van der Waals surface area contributed by atoms with Crippen LogP contribution in [0.5, 0.6) is 0 Å².